The molecular formula is C19H21N3O3S. The largest absolute Gasteiger partial charge is 0.496 e. The van der Waals surface area contributed by atoms with Gasteiger partial charge in [0.1, 0.15) is 16.4 Å². The summed E-state index contributed by atoms with van der Waals surface area (Å²) in [4.78, 5) is 30.9. The number of nitrogens with zero attached hydrogens (tertiary/aromatic N) is 2. The third-order valence-electron chi connectivity index (χ3n) is 4.49. The Morgan fingerprint density at radius 2 is 2.04 bits per heavy atom. The number of amides is 1. The van der Waals surface area contributed by atoms with E-state index in [9.17, 15) is 9.59 Å². The number of aromatic nitrogens is 2. The molecule has 0 aliphatic heterocycles. The number of aryl methyl sites for hydroxylation is 2. The average Bonchev–Trinajstić information content (AvgIpc) is 2.89. The number of para-hydroxylation sites is 1. The maximum atomic E-state index is 13.1. The molecule has 0 radical (unpaired) electrons. The highest BCUT2D eigenvalue weighted by molar-refractivity contribution is 7.18. The molecule has 0 unspecified atom stereocenters. The highest BCUT2D eigenvalue weighted by atomic mass is 32.1. The Labute approximate surface area is 155 Å². The second-order valence-electron chi connectivity index (χ2n) is 6.15. The lowest BCUT2D eigenvalue weighted by Gasteiger charge is -2.13. The van der Waals surface area contributed by atoms with Crippen molar-refractivity contribution in [2.24, 2.45) is 5.73 Å². The van der Waals surface area contributed by atoms with E-state index in [1.165, 1.54) is 11.3 Å². The van der Waals surface area contributed by atoms with Crippen LogP contribution in [0.25, 0.3) is 10.2 Å². The van der Waals surface area contributed by atoms with Crippen LogP contribution in [0.15, 0.2) is 29.1 Å². The van der Waals surface area contributed by atoms with Crippen molar-refractivity contribution in [3.63, 3.8) is 0 Å². The number of fused-ring (bicyclic) bond motifs is 1. The molecule has 7 heteroatoms. The van der Waals surface area contributed by atoms with Crippen LogP contribution in [-0.4, -0.2) is 22.6 Å². The molecule has 0 saturated heterocycles. The average molecular weight is 371 g/mol. The topological polar surface area (TPSA) is 87.2 Å². The number of primary amides is 1. The highest BCUT2D eigenvalue weighted by Gasteiger charge is 2.18. The fraction of sp³-hybridized carbons (Fsp3) is 0.316. The quantitative estimate of drug-likeness (QED) is 0.721. The standard InChI is InChI=1S/C19H21N3O3S/c1-11-12(2)26-18-17(11)19(24)22(9-8-15(20)23)16(21-18)10-13-6-4-5-7-14(13)25-3/h4-7H,8-10H2,1-3H3,(H2,20,23). The molecule has 0 saturated carbocycles. The molecule has 1 amide bonds. The van der Waals surface area contributed by atoms with Crippen LogP contribution in [0.4, 0.5) is 0 Å². The summed E-state index contributed by atoms with van der Waals surface area (Å²) in [5.41, 5.74) is 7.04. The van der Waals surface area contributed by atoms with E-state index in [4.69, 9.17) is 15.5 Å². The normalized spacial score (nSPS) is 11.0. The monoisotopic (exact) mass is 371 g/mol. The van der Waals surface area contributed by atoms with Crippen LogP contribution in [0.2, 0.25) is 0 Å². The minimum Gasteiger partial charge on any atom is -0.496 e. The maximum Gasteiger partial charge on any atom is 0.262 e. The van der Waals surface area contributed by atoms with Crippen molar-refractivity contribution in [1.29, 1.82) is 0 Å². The molecule has 3 aromatic rings. The number of hydrogen-bond donors (Lipinski definition) is 1. The first-order valence-corrected chi connectivity index (χ1v) is 9.13. The number of thiophene rings is 1. The number of hydrogen-bond acceptors (Lipinski definition) is 5. The second kappa shape index (κ2) is 7.29. The van der Waals surface area contributed by atoms with Crippen LogP contribution in [0, 0.1) is 13.8 Å². The van der Waals surface area contributed by atoms with Crippen LogP contribution >= 0.6 is 11.3 Å². The number of carbonyl (C=O) groups is 1. The van der Waals surface area contributed by atoms with Crippen LogP contribution in [0.1, 0.15) is 28.2 Å². The molecule has 136 valence electrons. The predicted molar refractivity (Wildman–Crippen MR) is 103 cm³/mol. The van der Waals surface area contributed by atoms with Crippen LogP contribution in [-0.2, 0) is 17.8 Å². The molecule has 0 aliphatic rings. The first kappa shape index (κ1) is 18.1. The number of nitrogens with two attached hydrogens (primary N) is 1. The lowest BCUT2D eigenvalue weighted by molar-refractivity contribution is -0.118. The summed E-state index contributed by atoms with van der Waals surface area (Å²) in [5.74, 6) is 0.898. The third-order valence-corrected chi connectivity index (χ3v) is 5.59. The first-order valence-electron chi connectivity index (χ1n) is 8.32. The smallest absolute Gasteiger partial charge is 0.262 e. The number of methoxy groups -OCH3 is 1. The fourth-order valence-corrected chi connectivity index (χ4v) is 4.01. The molecule has 0 bridgehead atoms. The van der Waals surface area contributed by atoms with Crippen LogP contribution in [0.5, 0.6) is 5.75 Å². The molecule has 6 nitrogen and oxygen atoms in total. The van der Waals surface area contributed by atoms with Crippen molar-refractivity contribution >= 4 is 27.5 Å². The number of carbonyl (C=O) groups excluding carboxylic acids is 1. The zero-order valence-electron chi connectivity index (χ0n) is 15.0. The van der Waals surface area contributed by atoms with Gasteiger partial charge in [-0.15, -0.1) is 11.3 Å². The van der Waals surface area contributed by atoms with E-state index in [1.807, 2.05) is 38.1 Å². The molecule has 2 heterocycles. The van der Waals surface area contributed by atoms with Gasteiger partial charge in [-0.1, -0.05) is 18.2 Å². The molecule has 1 aromatic carbocycles. The zero-order valence-corrected chi connectivity index (χ0v) is 15.9. The predicted octanol–water partition coefficient (Wildman–Crippen LogP) is 2.55. The third kappa shape index (κ3) is 3.35. The van der Waals surface area contributed by atoms with Crippen LogP contribution < -0.4 is 16.0 Å². The van der Waals surface area contributed by atoms with Crippen molar-refractivity contribution in [1.82, 2.24) is 9.55 Å². The Kier molecular flexibility index (Phi) is 5.08. The minimum absolute atomic E-state index is 0.0915. The second-order valence-corrected chi connectivity index (χ2v) is 7.36. The maximum absolute atomic E-state index is 13.1. The van der Waals surface area contributed by atoms with Gasteiger partial charge in [0.05, 0.1) is 12.5 Å². The Morgan fingerprint density at radius 1 is 1.31 bits per heavy atom. The Morgan fingerprint density at radius 3 is 2.73 bits per heavy atom. The lowest BCUT2D eigenvalue weighted by Crippen LogP contribution is -2.28. The van der Waals surface area contributed by atoms with Gasteiger partial charge in [-0.05, 0) is 25.5 Å². The van der Waals surface area contributed by atoms with Gasteiger partial charge in [-0.3, -0.25) is 14.2 Å². The van der Waals surface area contributed by atoms with Gasteiger partial charge >= 0.3 is 0 Å². The molecule has 2 N–H and O–H groups in total. The Hall–Kier alpha value is -2.67. The first-order chi connectivity index (χ1) is 12.4. The number of rotatable bonds is 6. The fourth-order valence-electron chi connectivity index (χ4n) is 2.98. The summed E-state index contributed by atoms with van der Waals surface area (Å²) in [6.07, 6.45) is 0.526. The van der Waals surface area contributed by atoms with Gasteiger partial charge in [-0.2, -0.15) is 0 Å². The van der Waals surface area contributed by atoms with E-state index in [0.29, 0.717) is 17.6 Å². The van der Waals surface area contributed by atoms with E-state index in [-0.39, 0.29) is 18.5 Å². The van der Waals surface area contributed by atoms with E-state index >= 15 is 0 Å². The van der Waals surface area contributed by atoms with Gasteiger partial charge in [-0.25, -0.2) is 4.98 Å². The molecule has 0 spiro atoms. The SMILES string of the molecule is COc1ccccc1Cc1nc2sc(C)c(C)c2c(=O)n1CCC(N)=O. The van der Waals surface area contributed by atoms with Gasteiger partial charge in [0.25, 0.3) is 5.56 Å². The number of ether oxygens (including phenoxy) is 1. The molecule has 2 aromatic heterocycles. The summed E-state index contributed by atoms with van der Waals surface area (Å²) < 4.78 is 6.98. The van der Waals surface area contributed by atoms with Crippen molar-refractivity contribution in [3.05, 3.63) is 56.4 Å². The molecule has 0 atom stereocenters. The van der Waals surface area contributed by atoms with Crippen LogP contribution in [0.3, 0.4) is 0 Å². The molecule has 0 aliphatic carbocycles. The zero-order chi connectivity index (χ0) is 18.8. The van der Waals surface area contributed by atoms with Crippen molar-refractivity contribution in [3.8, 4) is 5.75 Å². The van der Waals surface area contributed by atoms with Gasteiger partial charge in [0.2, 0.25) is 5.91 Å². The summed E-state index contributed by atoms with van der Waals surface area (Å²) >= 11 is 1.51. The van der Waals surface area contributed by atoms with E-state index < -0.39 is 5.91 Å². The van der Waals surface area contributed by atoms with Gasteiger partial charge < -0.3 is 10.5 Å². The molecule has 3 rings (SSSR count). The highest BCUT2D eigenvalue weighted by Crippen LogP contribution is 2.27. The summed E-state index contributed by atoms with van der Waals surface area (Å²) in [7, 11) is 1.61. The molecular weight excluding hydrogens is 350 g/mol. The minimum atomic E-state index is -0.446. The van der Waals surface area contributed by atoms with Crippen molar-refractivity contribution in [2.45, 2.75) is 33.2 Å². The van der Waals surface area contributed by atoms with Crippen molar-refractivity contribution < 1.29 is 9.53 Å². The Bertz CT molecular complexity index is 1040. The van der Waals surface area contributed by atoms with E-state index in [2.05, 4.69) is 0 Å². The Balaban J connectivity index is 2.17. The van der Waals surface area contributed by atoms with Gasteiger partial charge in [0, 0.05) is 29.8 Å². The molecule has 0 fully saturated rings. The van der Waals surface area contributed by atoms with E-state index in [1.54, 1.807) is 11.7 Å². The lowest BCUT2D eigenvalue weighted by atomic mass is 10.1. The summed E-state index contributed by atoms with van der Waals surface area (Å²) in [6, 6.07) is 7.63. The molecule has 26 heavy (non-hydrogen) atoms. The van der Waals surface area contributed by atoms with Gasteiger partial charge in [0.15, 0.2) is 0 Å². The van der Waals surface area contributed by atoms with E-state index in [0.717, 1.165) is 26.6 Å². The summed E-state index contributed by atoms with van der Waals surface area (Å²) in [6.45, 7) is 4.13. The number of benzene rings is 1. The summed E-state index contributed by atoms with van der Waals surface area (Å²) in [5, 5.41) is 0.626. The van der Waals surface area contributed by atoms with Crippen molar-refractivity contribution in [2.75, 3.05) is 7.11 Å².